The number of terminal acetylenes is 1. The molecular formula is C10H15N3O. The molecule has 4 heteroatoms. The van der Waals surface area contributed by atoms with Crippen molar-refractivity contribution in [2.24, 2.45) is 5.92 Å². The van der Waals surface area contributed by atoms with E-state index in [2.05, 4.69) is 17.3 Å². The van der Waals surface area contributed by atoms with Gasteiger partial charge in [-0.05, 0) is 6.92 Å². The van der Waals surface area contributed by atoms with Crippen LogP contribution in [0.3, 0.4) is 0 Å². The first-order valence-corrected chi connectivity index (χ1v) is 4.39. The highest BCUT2D eigenvalue weighted by Gasteiger charge is 2.10. The van der Waals surface area contributed by atoms with Gasteiger partial charge in [0.05, 0.1) is 25.1 Å². The number of carbonyl (C=O) groups is 1. The van der Waals surface area contributed by atoms with Crippen LogP contribution in [0.2, 0.25) is 0 Å². The predicted molar refractivity (Wildman–Crippen MR) is 54.1 cm³/mol. The maximum Gasteiger partial charge on any atom is 0.236 e. The molecule has 0 aliphatic rings. The highest BCUT2D eigenvalue weighted by Crippen LogP contribution is 1.95. The van der Waals surface area contributed by atoms with Gasteiger partial charge >= 0.3 is 0 Å². The number of amides is 1. The number of nitrogens with one attached hydrogen (secondary N) is 1. The van der Waals surface area contributed by atoms with Gasteiger partial charge in [0.25, 0.3) is 0 Å². The standard InChI is InChI=1S/C10H15N3O/c1-4-5-12-7-10(14)13(3)8-9(2)6-11/h1,9,12H,5,7-8H2,2-3H3. The molecule has 0 spiro atoms. The van der Waals surface area contributed by atoms with Gasteiger partial charge in [-0.1, -0.05) is 5.92 Å². The largest absolute Gasteiger partial charge is 0.343 e. The van der Waals surface area contributed by atoms with E-state index in [9.17, 15) is 4.79 Å². The number of carbonyl (C=O) groups excluding carboxylic acids is 1. The van der Waals surface area contributed by atoms with Crippen molar-refractivity contribution in [2.45, 2.75) is 6.92 Å². The van der Waals surface area contributed by atoms with Crippen molar-refractivity contribution < 1.29 is 4.79 Å². The number of rotatable bonds is 5. The molecule has 1 amide bonds. The third-order valence-corrected chi connectivity index (χ3v) is 1.70. The zero-order valence-corrected chi connectivity index (χ0v) is 8.58. The quantitative estimate of drug-likeness (QED) is 0.487. The molecule has 4 nitrogen and oxygen atoms in total. The first-order chi connectivity index (χ1) is 6.61. The number of nitrogens with zero attached hydrogens (tertiary/aromatic N) is 2. The minimum atomic E-state index is -0.142. The molecule has 14 heavy (non-hydrogen) atoms. The van der Waals surface area contributed by atoms with Gasteiger partial charge in [-0.25, -0.2) is 0 Å². The fourth-order valence-electron chi connectivity index (χ4n) is 0.930. The van der Waals surface area contributed by atoms with Crippen molar-refractivity contribution >= 4 is 5.91 Å². The van der Waals surface area contributed by atoms with Gasteiger partial charge in [0.1, 0.15) is 0 Å². The van der Waals surface area contributed by atoms with Crippen molar-refractivity contribution in [2.75, 3.05) is 26.7 Å². The van der Waals surface area contributed by atoms with E-state index in [1.165, 1.54) is 4.90 Å². The van der Waals surface area contributed by atoms with Gasteiger partial charge in [-0.2, -0.15) is 5.26 Å². The Bertz CT molecular complexity index is 262. The van der Waals surface area contributed by atoms with Crippen LogP contribution >= 0.6 is 0 Å². The molecule has 0 aliphatic carbocycles. The lowest BCUT2D eigenvalue weighted by atomic mass is 10.2. The summed E-state index contributed by atoms with van der Waals surface area (Å²) in [5.41, 5.74) is 0. The lowest BCUT2D eigenvalue weighted by molar-refractivity contribution is -0.129. The minimum Gasteiger partial charge on any atom is -0.343 e. The van der Waals surface area contributed by atoms with Crippen molar-refractivity contribution in [1.29, 1.82) is 5.26 Å². The maximum atomic E-state index is 11.4. The molecule has 0 radical (unpaired) electrons. The van der Waals surface area contributed by atoms with Crippen LogP contribution in [0, 0.1) is 29.6 Å². The van der Waals surface area contributed by atoms with Crippen molar-refractivity contribution in [3.63, 3.8) is 0 Å². The zero-order chi connectivity index (χ0) is 11.0. The molecule has 0 aromatic heterocycles. The SMILES string of the molecule is C#CCNCC(=O)N(C)CC(C)C#N. The Morgan fingerprint density at radius 1 is 1.71 bits per heavy atom. The second-order valence-electron chi connectivity index (χ2n) is 3.11. The Morgan fingerprint density at radius 3 is 2.86 bits per heavy atom. The fourth-order valence-corrected chi connectivity index (χ4v) is 0.930. The Balaban J connectivity index is 3.78. The van der Waals surface area contributed by atoms with Crippen molar-refractivity contribution in [3.05, 3.63) is 0 Å². The van der Waals surface area contributed by atoms with Gasteiger partial charge in [0.2, 0.25) is 5.91 Å². The number of hydrogen-bond donors (Lipinski definition) is 1. The van der Waals surface area contributed by atoms with E-state index >= 15 is 0 Å². The van der Waals surface area contributed by atoms with Crippen molar-refractivity contribution in [3.8, 4) is 18.4 Å². The molecule has 1 atom stereocenters. The van der Waals surface area contributed by atoms with Crippen molar-refractivity contribution in [1.82, 2.24) is 10.2 Å². The average molecular weight is 193 g/mol. The summed E-state index contributed by atoms with van der Waals surface area (Å²) in [5, 5.41) is 11.3. The molecule has 0 aliphatic heterocycles. The topological polar surface area (TPSA) is 56.1 Å². The first-order valence-electron chi connectivity index (χ1n) is 4.39. The summed E-state index contributed by atoms with van der Waals surface area (Å²) in [7, 11) is 1.67. The molecular weight excluding hydrogens is 178 g/mol. The first kappa shape index (κ1) is 12.5. The Kier molecular flexibility index (Phi) is 6.19. The summed E-state index contributed by atoms with van der Waals surface area (Å²) >= 11 is 0. The monoisotopic (exact) mass is 193 g/mol. The molecule has 0 saturated heterocycles. The Morgan fingerprint density at radius 2 is 2.36 bits per heavy atom. The van der Waals surface area contributed by atoms with Gasteiger partial charge < -0.3 is 4.90 Å². The molecule has 0 saturated carbocycles. The fraction of sp³-hybridized carbons (Fsp3) is 0.600. The van der Waals surface area contributed by atoms with E-state index in [0.717, 1.165) is 0 Å². The number of hydrogen-bond acceptors (Lipinski definition) is 3. The highest BCUT2D eigenvalue weighted by atomic mass is 16.2. The van der Waals surface area contributed by atoms with Crippen LogP contribution < -0.4 is 5.32 Å². The molecule has 0 fully saturated rings. The van der Waals surface area contributed by atoms with Crippen LogP contribution in [0.5, 0.6) is 0 Å². The van der Waals surface area contributed by atoms with Gasteiger partial charge in [0.15, 0.2) is 0 Å². The molecule has 0 heterocycles. The number of likely N-dealkylation sites (N-methyl/N-ethyl adjacent to an activating group) is 1. The highest BCUT2D eigenvalue weighted by molar-refractivity contribution is 5.78. The molecule has 1 N–H and O–H groups in total. The van der Waals surface area contributed by atoms with Gasteiger partial charge in [-0.15, -0.1) is 6.42 Å². The lowest BCUT2D eigenvalue weighted by Crippen LogP contribution is -2.37. The third-order valence-electron chi connectivity index (χ3n) is 1.70. The summed E-state index contributed by atoms with van der Waals surface area (Å²) < 4.78 is 0. The minimum absolute atomic E-state index is 0.0534. The molecule has 0 rings (SSSR count). The Hall–Kier alpha value is -1.52. The summed E-state index contributed by atoms with van der Waals surface area (Å²) in [6.07, 6.45) is 5.01. The normalized spacial score (nSPS) is 11.1. The maximum absolute atomic E-state index is 11.4. The van der Waals surface area contributed by atoms with E-state index in [-0.39, 0.29) is 18.4 Å². The molecule has 0 aromatic carbocycles. The van der Waals surface area contributed by atoms with E-state index < -0.39 is 0 Å². The smallest absolute Gasteiger partial charge is 0.236 e. The van der Waals surface area contributed by atoms with Crippen LogP contribution in [0.15, 0.2) is 0 Å². The van der Waals surface area contributed by atoms with E-state index in [1.807, 2.05) is 0 Å². The summed E-state index contributed by atoms with van der Waals surface area (Å²) in [6.45, 7) is 2.83. The summed E-state index contributed by atoms with van der Waals surface area (Å²) in [4.78, 5) is 12.9. The van der Waals surface area contributed by atoms with E-state index in [0.29, 0.717) is 13.1 Å². The third kappa shape index (κ3) is 5.18. The van der Waals surface area contributed by atoms with Crippen LogP contribution in [0.4, 0.5) is 0 Å². The van der Waals surface area contributed by atoms with Crippen LogP contribution in [-0.2, 0) is 4.79 Å². The molecule has 0 aromatic rings. The average Bonchev–Trinajstić information content (AvgIpc) is 2.17. The lowest BCUT2D eigenvalue weighted by Gasteiger charge is -2.18. The van der Waals surface area contributed by atoms with Gasteiger partial charge in [0, 0.05) is 13.6 Å². The summed E-state index contributed by atoms with van der Waals surface area (Å²) in [5.74, 6) is 2.18. The molecule has 76 valence electrons. The molecule has 1 unspecified atom stereocenters. The van der Waals surface area contributed by atoms with E-state index in [1.54, 1.807) is 14.0 Å². The second-order valence-corrected chi connectivity index (χ2v) is 3.11. The van der Waals surface area contributed by atoms with Crippen LogP contribution in [0.25, 0.3) is 0 Å². The Labute approximate surface area is 84.9 Å². The predicted octanol–water partition coefficient (Wildman–Crippen LogP) is -0.173. The number of nitriles is 1. The van der Waals surface area contributed by atoms with Crippen LogP contribution in [-0.4, -0.2) is 37.5 Å². The van der Waals surface area contributed by atoms with Crippen LogP contribution in [0.1, 0.15) is 6.92 Å². The zero-order valence-electron chi connectivity index (χ0n) is 8.58. The second kappa shape index (κ2) is 6.94. The van der Waals surface area contributed by atoms with Gasteiger partial charge in [-0.3, -0.25) is 10.1 Å². The summed E-state index contributed by atoms with van der Waals surface area (Å²) in [6, 6.07) is 2.07. The molecule has 0 bridgehead atoms. The van der Waals surface area contributed by atoms with E-state index in [4.69, 9.17) is 11.7 Å².